The summed E-state index contributed by atoms with van der Waals surface area (Å²) in [7, 11) is 0. The van der Waals surface area contributed by atoms with Crippen molar-refractivity contribution in [1.29, 1.82) is 5.26 Å². The first-order valence-electron chi connectivity index (χ1n) is 10.3. The van der Waals surface area contributed by atoms with E-state index in [1.165, 1.54) is 0 Å². The van der Waals surface area contributed by atoms with Crippen LogP contribution in [0.1, 0.15) is 29.7 Å². The average Bonchev–Trinajstić information content (AvgIpc) is 3.16. The van der Waals surface area contributed by atoms with E-state index in [-0.39, 0.29) is 11.6 Å². The molecule has 0 saturated heterocycles. The lowest BCUT2D eigenvalue weighted by molar-refractivity contribution is -0.117. The minimum Gasteiger partial charge on any atom is -0.345 e. The van der Waals surface area contributed by atoms with Gasteiger partial charge >= 0.3 is 0 Å². The zero-order chi connectivity index (χ0) is 22.5. The van der Waals surface area contributed by atoms with Crippen LogP contribution in [0.25, 0.3) is 17.0 Å². The van der Waals surface area contributed by atoms with E-state index in [1.54, 1.807) is 6.08 Å². The highest BCUT2D eigenvalue weighted by atomic mass is 35.5. The fraction of sp³-hybridized carbons (Fsp3) is 0.111. The van der Waals surface area contributed by atoms with Gasteiger partial charge in [-0.2, -0.15) is 5.26 Å². The Morgan fingerprint density at radius 2 is 1.75 bits per heavy atom. The third kappa shape index (κ3) is 4.74. The Morgan fingerprint density at radius 3 is 2.47 bits per heavy atom. The summed E-state index contributed by atoms with van der Waals surface area (Å²) in [4.78, 5) is 12.8. The fourth-order valence-electron chi connectivity index (χ4n) is 3.71. The number of nitrogens with zero attached hydrogens (tertiary/aromatic N) is 2. The molecule has 5 heteroatoms. The summed E-state index contributed by atoms with van der Waals surface area (Å²) in [6.45, 7) is 2.56. The summed E-state index contributed by atoms with van der Waals surface area (Å²) in [5, 5.41) is 14.3. The van der Waals surface area contributed by atoms with Crippen LogP contribution in [0, 0.1) is 11.3 Å². The first kappa shape index (κ1) is 21.4. The Balaban J connectivity index is 1.63. The first-order chi connectivity index (χ1) is 15.5. The number of hydrogen-bond acceptors (Lipinski definition) is 2. The maximum Gasteiger partial charge on any atom is 0.262 e. The molecule has 0 aliphatic rings. The first-order valence-corrected chi connectivity index (χ1v) is 10.7. The van der Waals surface area contributed by atoms with Crippen LogP contribution in [0.4, 0.5) is 0 Å². The van der Waals surface area contributed by atoms with Gasteiger partial charge in [-0.1, -0.05) is 72.3 Å². The van der Waals surface area contributed by atoms with E-state index in [9.17, 15) is 10.1 Å². The molecule has 1 heterocycles. The quantitative estimate of drug-likeness (QED) is 0.290. The zero-order valence-electron chi connectivity index (χ0n) is 17.6. The van der Waals surface area contributed by atoms with Crippen molar-refractivity contribution in [2.75, 3.05) is 0 Å². The molecular weight excluding hydrogens is 418 g/mol. The molecular formula is C27H22ClN3O. The molecule has 0 aliphatic carbocycles. The second-order valence-corrected chi connectivity index (χ2v) is 8.07. The lowest BCUT2D eigenvalue weighted by Gasteiger charge is -2.13. The van der Waals surface area contributed by atoms with Crippen molar-refractivity contribution in [2.24, 2.45) is 0 Å². The lowest BCUT2D eigenvalue weighted by Crippen LogP contribution is -2.27. The Bertz CT molecular complexity index is 1310. The number of fused-ring (bicyclic) bond motifs is 1. The number of halogens is 1. The van der Waals surface area contributed by atoms with Gasteiger partial charge in [-0.05, 0) is 42.3 Å². The topological polar surface area (TPSA) is 57.8 Å². The molecule has 1 amide bonds. The van der Waals surface area contributed by atoms with Crippen molar-refractivity contribution in [3.63, 3.8) is 0 Å². The smallest absolute Gasteiger partial charge is 0.262 e. The Morgan fingerprint density at radius 1 is 1.06 bits per heavy atom. The number of nitriles is 1. The molecule has 0 spiro atoms. The molecule has 0 aliphatic heterocycles. The molecule has 32 heavy (non-hydrogen) atoms. The Kier molecular flexibility index (Phi) is 6.39. The van der Waals surface area contributed by atoms with E-state index in [1.807, 2.05) is 92.0 Å². The van der Waals surface area contributed by atoms with E-state index in [0.717, 1.165) is 27.6 Å². The molecule has 4 aromatic rings. The van der Waals surface area contributed by atoms with Crippen LogP contribution in [0.15, 0.2) is 90.6 Å². The summed E-state index contributed by atoms with van der Waals surface area (Å²) in [6.07, 6.45) is 3.64. The largest absolute Gasteiger partial charge is 0.345 e. The van der Waals surface area contributed by atoms with Gasteiger partial charge in [0.05, 0.1) is 6.04 Å². The van der Waals surface area contributed by atoms with Crippen LogP contribution in [0.5, 0.6) is 0 Å². The number of aromatic nitrogens is 1. The maximum absolute atomic E-state index is 12.8. The van der Waals surface area contributed by atoms with Crippen LogP contribution < -0.4 is 5.32 Å². The molecule has 1 aromatic heterocycles. The van der Waals surface area contributed by atoms with E-state index in [4.69, 9.17) is 11.6 Å². The molecule has 0 fully saturated rings. The summed E-state index contributed by atoms with van der Waals surface area (Å²) < 4.78 is 2.11. The third-order valence-electron chi connectivity index (χ3n) is 5.40. The van der Waals surface area contributed by atoms with Crippen LogP contribution in [-0.4, -0.2) is 10.5 Å². The molecule has 3 aromatic carbocycles. The number of nitrogens with one attached hydrogen (secondary N) is 1. The van der Waals surface area contributed by atoms with Crippen LogP contribution >= 0.6 is 11.6 Å². The molecule has 1 N–H and O–H groups in total. The molecule has 0 saturated carbocycles. The summed E-state index contributed by atoms with van der Waals surface area (Å²) in [5.41, 5.74) is 4.03. The third-order valence-corrected chi connectivity index (χ3v) is 5.65. The molecule has 158 valence electrons. The van der Waals surface area contributed by atoms with Gasteiger partial charge in [-0.3, -0.25) is 4.79 Å². The van der Waals surface area contributed by atoms with Gasteiger partial charge in [0.1, 0.15) is 11.6 Å². The molecule has 0 bridgehead atoms. The summed E-state index contributed by atoms with van der Waals surface area (Å²) in [6, 6.07) is 27.2. The monoisotopic (exact) mass is 439 g/mol. The van der Waals surface area contributed by atoms with E-state index >= 15 is 0 Å². The van der Waals surface area contributed by atoms with Gasteiger partial charge in [0.15, 0.2) is 0 Å². The van der Waals surface area contributed by atoms with E-state index in [2.05, 4.69) is 16.0 Å². The molecule has 4 nitrogen and oxygen atoms in total. The summed E-state index contributed by atoms with van der Waals surface area (Å²) in [5.74, 6) is -0.390. The number of para-hydroxylation sites is 1. The van der Waals surface area contributed by atoms with Crippen molar-refractivity contribution in [2.45, 2.75) is 19.5 Å². The van der Waals surface area contributed by atoms with Gasteiger partial charge in [0.2, 0.25) is 0 Å². The van der Waals surface area contributed by atoms with Crippen LogP contribution in [-0.2, 0) is 11.3 Å². The molecule has 4 rings (SSSR count). The highest BCUT2D eigenvalue weighted by Crippen LogP contribution is 2.25. The number of amides is 1. The second kappa shape index (κ2) is 9.55. The van der Waals surface area contributed by atoms with Crippen molar-refractivity contribution in [3.05, 3.63) is 112 Å². The summed E-state index contributed by atoms with van der Waals surface area (Å²) >= 11 is 6.01. The number of carbonyl (C=O) groups is 1. The standard InChI is InChI=1S/C27H22ClN3O/c1-19(21-7-3-2-4-8-21)30-27(32)22(16-29)15-23-18-31(26-10-6-5-9-25(23)26)17-20-11-13-24(28)14-12-20/h2-15,18-19H,17H2,1H3,(H,30,32)/b22-15-/t19-/m0/s1. The normalized spacial score (nSPS) is 12.3. The van der Waals surface area contributed by atoms with Crippen molar-refractivity contribution in [1.82, 2.24) is 9.88 Å². The number of benzene rings is 3. The number of hydrogen-bond donors (Lipinski definition) is 1. The van der Waals surface area contributed by atoms with Gasteiger partial charge in [-0.15, -0.1) is 0 Å². The van der Waals surface area contributed by atoms with E-state index < -0.39 is 5.91 Å². The predicted octanol–water partition coefficient (Wildman–Crippen LogP) is 6.13. The van der Waals surface area contributed by atoms with Gasteiger partial charge in [0.25, 0.3) is 5.91 Å². The minimum absolute atomic E-state index is 0.0715. The van der Waals surface area contributed by atoms with E-state index in [0.29, 0.717) is 11.6 Å². The molecule has 0 unspecified atom stereocenters. The van der Waals surface area contributed by atoms with Gasteiger partial charge < -0.3 is 9.88 Å². The zero-order valence-corrected chi connectivity index (χ0v) is 18.4. The fourth-order valence-corrected chi connectivity index (χ4v) is 3.84. The Hall–Kier alpha value is -3.81. The van der Waals surface area contributed by atoms with Crippen molar-refractivity contribution >= 4 is 34.5 Å². The van der Waals surface area contributed by atoms with Crippen LogP contribution in [0.2, 0.25) is 5.02 Å². The number of carbonyl (C=O) groups excluding carboxylic acids is 1. The highest BCUT2D eigenvalue weighted by Gasteiger charge is 2.15. The maximum atomic E-state index is 12.8. The highest BCUT2D eigenvalue weighted by molar-refractivity contribution is 6.30. The average molecular weight is 440 g/mol. The van der Waals surface area contributed by atoms with Gasteiger partial charge in [-0.25, -0.2) is 0 Å². The lowest BCUT2D eigenvalue weighted by atomic mass is 10.1. The SMILES string of the molecule is C[C@H](NC(=O)/C(C#N)=C\c1cn(Cc2ccc(Cl)cc2)c2ccccc12)c1ccccc1. The minimum atomic E-state index is -0.390. The number of rotatable bonds is 6. The van der Waals surface area contributed by atoms with Gasteiger partial charge in [0, 0.05) is 34.2 Å². The predicted molar refractivity (Wildman–Crippen MR) is 129 cm³/mol. The Labute approximate surface area is 192 Å². The van der Waals surface area contributed by atoms with Crippen LogP contribution in [0.3, 0.4) is 0 Å². The second-order valence-electron chi connectivity index (χ2n) is 7.63. The van der Waals surface area contributed by atoms with Crippen molar-refractivity contribution in [3.8, 4) is 6.07 Å². The van der Waals surface area contributed by atoms with Crippen molar-refractivity contribution < 1.29 is 4.79 Å². The molecule has 0 radical (unpaired) electrons. The molecule has 1 atom stereocenters.